The third-order valence-corrected chi connectivity index (χ3v) is 3.99. The average Bonchev–Trinajstić information content (AvgIpc) is 2.98. The zero-order chi connectivity index (χ0) is 15.4. The summed E-state index contributed by atoms with van der Waals surface area (Å²) in [5.74, 6) is 1.64. The van der Waals surface area contributed by atoms with Crippen LogP contribution in [0.2, 0.25) is 0 Å². The van der Waals surface area contributed by atoms with Crippen LogP contribution in [0.25, 0.3) is 5.69 Å². The van der Waals surface area contributed by atoms with Gasteiger partial charge in [-0.15, -0.1) is 5.10 Å². The molecule has 2 heterocycles. The minimum Gasteiger partial charge on any atom is -0.301 e. The molecule has 0 aliphatic carbocycles. The first kappa shape index (κ1) is 15.1. The molecule has 0 amide bonds. The zero-order valence-corrected chi connectivity index (χ0v) is 13.4. The van der Waals surface area contributed by atoms with Crippen molar-refractivity contribution in [1.29, 1.82) is 0 Å². The molecule has 0 radical (unpaired) electrons. The number of rotatable bonds is 5. The molecule has 0 spiro atoms. The SMILES string of the molecule is CC(C)CN1CCN(Cc2nnnn2-c2ccccc2)CC1. The number of para-hydroxylation sites is 1. The summed E-state index contributed by atoms with van der Waals surface area (Å²) < 4.78 is 1.83. The van der Waals surface area contributed by atoms with Crippen LogP contribution in [0.4, 0.5) is 0 Å². The highest BCUT2D eigenvalue weighted by molar-refractivity contribution is 5.30. The van der Waals surface area contributed by atoms with Gasteiger partial charge in [0.25, 0.3) is 0 Å². The number of tetrazole rings is 1. The second-order valence-electron chi connectivity index (χ2n) is 6.31. The lowest BCUT2D eigenvalue weighted by Crippen LogP contribution is -2.47. The van der Waals surface area contributed by atoms with Gasteiger partial charge in [-0.25, -0.2) is 0 Å². The van der Waals surface area contributed by atoms with Crippen LogP contribution in [0, 0.1) is 5.92 Å². The summed E-state index contributed by atoms with van der Waals surface area (Å²) in [4.78, 5) is 4.98. The number of hydrogen-bond acceptors (Lipinski definition) is 5. The Morgan fingerprint density at radius 2 is 1.68 bits per heavy atom. The molecule has 0 unspecified atom stereocenters. The maximum absolute atomic E-state index is 4.20. The maximum atomic E-state index is 4.20. The predicted molar refractivity (Wildman–Crippen MR) is 85.7 cm³/mol. The number of benzene rings is 1. The van der Waals surface area contributed by atoms with E-state index in [0.29, 0.717) is 0 Å². The van der Waals surface area contributed by atoms with Gasteiger partial charge in [-0.1, -0.05) is 32.0 Å². The van der Waals surface area contributed by atoms with Gasteiger partial charge in [0, 0.05) is 32.7 Å². The first-order valence-corrected chi connectivity index (χ1v) is 8.00. The fourth-order valence-corrected chi connectivity index (χ4v) is 2.92. The summed E-state index contributed by atoms with van der Waals surface area (Å²) in [6.45, 7) is 11.0. The normalized spacial score (nSPS) is 17.2. The second-order valence-corrected chi connectivity index (χ2v) is 6.31. The molecule has 2 aromatic rings. The third kappa shape index (κ3) is 3.69. The molecule has 1 aliphatic heterocycles. The smallest absolute Gasteiger partial charge is 0.170 e. The summed E-state index contributed by atoms with van der Waals surface area (Å²) in [5, 5.41) is 12.2. The van der Waals surface area contributed by atoms with Gasteiger partial charge < -0.3 is 4.90 Å². The van der Waals surface area contributed by atoms with Crippen molar-refractivity contribution in [3.63, 3.8) is 0 Å². The van der Waals surface area contributed by atoms with Crippen LogP contribution < -0.4 is 0 Å². The highest BCUT2D eigenvalue weighted by atomic mass is 15.5. The molecule has 1 saturated heterocycles. The topological polar surface area (TPSA) is 50.1 Å². The van der Waals surface area contributed by atoms with Crippen LogP contribution in [0.3, 0.4) is 0 Å². The van der Waals surface area contributed by atoms with E-state index in [9.17, 15) is 0 Å². The van der Waals surface area contributed by atoms with Crippen LogP contribution in [0.15, 0.2) is 30.3 Å². The Morgan fingerprint density at radius 1 is 1.00 bits per heavy atom. The summed E-state index contributed by atoms with van der Waals surface area (Å²) in [7, 11) is 0. The molecule has 0 saturated carbocycles. The molecule has 3 rings (SSSR count). The van der Waals surface area contributed by atoms with Crippen molar-refractivity contribution in [3.05, 3.63) is 36.2 Å². The standard InChI is InChI=1S/C16H24N6/c1-14(2)12-20-8-10-21(11-9-20)13-16-17-18-19-22(16)15-6-4-3-5-7-15/h3-7,14H,8-13H2,1-2H3. The van der Waals surface area contributed by atoms with E-state index in [2.05, 4.69) is 39.2 Å². The van der Waals surface area contributed by atoms with Crippen molar-refractivity contribution in [2.24, 2.45) is 5.92 Å². The highest BCUT2D eigenvalue weighted by Crippen LogP contribution is 2.11. The molecule has 1 aromatic carbocycles. The van der Waals surface area contributed by atoms with Gasteiger partial charge in [-0.2, -0.15) is 4.68 Å². The number of nitrogens with zero attached hydrogens (tertiary/aromatic N) is 6. The largest absolute Gasteiger partial charge is 0.301 e. The lowest BCUT2D eigenvalue weighted by atomic mass is 10.2. The predicted octanol–water partition coefficient (Wildman–Crippen LogP) is 1.44. The molecule has 6 nitrogen and oxygen atoms in total. The van der Waals surface area contributed by atoms with Crippen LogP contribution in [-0.4, -0.2) is 62.7 Å². The number of aromatic nitrogens is 4. The van der Waals surface area contributed by atoms with Gasteiger partial charge in [-0.05, 0) is 28.5 Å². The summed E-state index contributed by atoms with van der Waals surface area (Å²) in [6.07, 6.45) is 0. The van der Waals surface area contributed by atoms with E-state index in [0.717, 1.165) is 50.2 Å². The van der Waals surface area contributed by atoms with Gasteiger partial charge in [0.2, 0.25) is 0 Å². The molecule has 1 fully saturated rings. The second kappa shape index (κ2) is 6.98. The molecule has 1 aromatic heterocycles. The van der Waals surface area contributed by atoms with E-state index < -0.39 is 0 Å². The first-order chi connectivity index (χ1) is 10.7. The molecule has 0 atom stereocenters. The lowest BCUT2D eigenvalue weighted by molar-refractivity contribution is 0.115. The molecule has 118 valence electrons. The molecule has 22 heavy (non-hydrogen) atoms. The molecule has 6 heteroatoms. The fraction of sp³-hybridized carbons (Fsp3) is 0.562. The van der Waals surface area contributed by atoms with Gasteiger partial charge in [0.05, 0.1) is 12.2 Å². The van der Waals surface area contributed by atoms with Gasteiger partial charge in [0.15, 0.2) is 5.82 Å². The van der Waals surface area contributed by atoms with E-state index >= 15 is 0 Å². The minimum absolute atomic E-state index is 0.733. The van der Waals surface area contributed by atoms with E-state index in [1.165, 1.54) is 6.54 Å². The highest BCUT2D eigenvalue weighted by Gasteiger charge is 2.19. The molecule has 1 aliphatic rings. The Morgan fingerprint density at radius 3 is 2.36 bits per heavy atom. The molecular weight excluding hydrogens is 276 g/mol. The fourth-order valence-electron chi connectivity index (χ4n) is 2.92. The minimum atomic E-state index is 0.733. The Kier molecular flexibility index (Phi) is 4.80. The Bertz CT molecular complexity index is 571. The van der Waals surface area contributed by atoms with Crippen LogP contribution in [0.5, 0.6) is 0 Å². The monoisotopic (exact) mass is 300 g/mol. The molecule has 0 bridgehead atoms. The van der Waals surface area contributed by atoms with E-state index in [-0.39, 0.29) is 0 Å². The number of hydrogen-bond donors (Lipinski definition) is 0. The van der Waals surface area contributed by atoms with E-state index in [4.69, 9.17) is 0 Å². The van der Waals surface area contributed by atoms with Crippen molar-refractivity contribution < 1.29 is 0 Å². The zero-order valence-electron chi connectivity index (χ0n) is 13.4. The van der Waals surface area contributed by atoms with E-state index in [1.807, 2.05) is 35.0 Å². The van der Waals surface area contributed by atoms with Crippen LogP contribution in [-0.2, 0) is 6.54 Å². The number of piperazine rings is 1. The third-order valence-electron chi connectivity index (χ3n) is 3.99. The summed E-state index contributed by atoms with van der Waals surface area (Å²) in [6, 6.07) is 10.1. The molecular formula is C16H24N6. The average molecular weight is 300 g/mol. The maximum Gasteiger partial charge on any atom is 0.170 e. The summed E-state index contributed by atoms with van der Waals surface area (Å²) >= 11 is 0. The first-order valence-electron chi connectivity index (χ1n) is 8.00. The van der Waals surface area contributed by atoms with Crippen LogP contribution in [0.1, 0.15) is 19.7 Å². The van der Waals surface area contributed by atoms with Crippen molar-refractivity contribution in [3.8, 4) is 5.69 Å². The van der Waals surface area contributed by atoms with Crippen molar-refractivity contribution in [1.82, 2.24) is 30.0 Å². The quantitative estimate of drug-likeness (QED) is 0.836. The summed E-state index contributed by atoms with van der Waals surface area (Å²) in [5.41, 5.74) is 1.01. The Labute approximate surface area is 131 Å². The van der Waals surface area contributed by atoms with Crippen LogP contribution >= 0.6 is 0 Å². The molecule has 0 N–H and O–H groups in total. The van der Waals surface area contributed by atoms with Gasteiger partial charge in [0.1, 0.15) is 0 Å². The Hall–Kier alpha value is -1.79. The van der Waals surface area contributed by atoms with Gasteiger partial charge in [-0.3, -0.25) is 4.90 Å². The van der Waals surface area contributed by atoms with Crippen molar-refractivity contribution in [2.75, 3.05) is 32.7 Å². The van der Waals surface area contributed by atoms with Crippen molar-refractivity contribution in [2.45, 2.75) is 20.4 Å². The Balaban J connectivity index is 1.60. The van der Waals surface area contributed by atoms with Crippen molar-refractivity contribution >= 4 is 0 Å². The van der Waals surface area contributed by atoms with Gasteiger partial charge >= 0.3 is 0 Å². The van der Waals surface area contributed by atoms with E-state index in [1.54, 1.807) is 0 Å². The lowest BCUT2D eigenvalue weighted by Gasteiger charge is -2.35.